The van der Waals surface area contributed by atoms with E-state index in [0.717, 1.165) is 11.2 Å². The second kappa shape index (κ2) is 4.80. The molecule has 0 atom stereocenters. The van der Waals surface area contributed by atoms with E-state index in [0.29, 0.717) is 6.54 Å². The van der Waals surface area contributed by atoms with Gasteiger partial charge in [0.05, 0.1) is 12.1 Å². The Bertz CT molecular complexity index is 720. The first-order valence-electron chi connectivity index (χ1n) is 6.91. The first-order valence-corrected chi connectivity index (χ1v) is 6.91. The van der Waals surface area contributed by atoms with Crippen LogP contribution in [0.1, 0.15) is 13.8 Å². The molecule has 3 rings (SSSR count). The van der Waals surface area contributed by atoms with Crippen LogP contribution in [-0.2, 0) is 6.54 Å². The average molecular weight is 265 g/mol. The number of benzene rings is 2. The lowest BCUT2D eigenvalue weighted by Gasteiger charge is -2.21. The van der Waals surface area contributed by atoms with Gasteiger partial charge in [-0.3, -0.25) is 0 Å². The summed E-state index contributed by atoms with van der Waals surface area (Å²) < 4.78 is 2.20. The molecule has 102 valence electrons. The van der Waals surface area contributed by atoms with Crippen LogP contribution in [0.15, 0.2) is 60.7 Å². The zero-order chi connectivity index (χ0) is 14.2. The number of fused-ring (bicyclic) bond motifs is 1. The fourth-order valence-corrected chi connectivity index (χ4v) is 2.62. The summed E-state index contributed by atoms with van der Waals surface area (Å²) in [5.74, 6) is 0. The maximum Gasteiger partial charge on any atom is 0.0770 e. The Labute approximate surface area is 119 Å². The Kier molecular flexibility index (Phi) is 3.11. The Morgan fingerprint density at radius 3 is 2.30 bits per heavy atom. The largest absolute Gasteiger partial charge is 0.389 e. The molecule has 2 aromatic carbocycles. The van der Waals surface area contributed by atoms with Gasteiger partial charge in [0.15, 0.2) is 0 Å². The van der Waals surface area contributed by atoms with Gasteiger partial charge in [0.2, 0.25) is 0 Å². The second-order valence-corrected chi connectivity index (χ2v) is 5.85. The van der Waals surface area contributed by atoms with E-state index in [1.807, 2.05) is 44.2 Å². The van der Waals surface area contributed by atoms with Crippen LogP contribution in [0.3, 0.4) is 0 Å². The lowest BCUT2D eigenvalue weighted by atomic mass is 10.1. The molecule has 0 saturated carbocycles. The Morgan fingerprint density at radius 1 is 0.950 bits per heavy atom. The number of aromatic nitrogens is 1. The number of nitrogens with zero attached hydrogens (tertiary/aromatic N) is 1. The molecular weight excluding hydrogens is 246 g/mol. The van der Waals surface area contributed by atoms with Crippen molar-refractivity contribution >= 4 is 10.9 Å². The standard InChI is InChI=1S/C18H19NO/c1-18(2,20)13-19-16-11-7-6-10-15(16)12-17(19)14-8-4-3-5-9-14/h3-12,20H,13H2,1-2H3. The number of rotatable bonds is 3. The number of hydrogen-bond donors (Lipinski definition) is 1. The van der Waals surface area contributed by atoms with Crippen molar-refractivity contribution in [1.82, 2.24) is 4.57 Å². The smallest absolute Gasteiger partial charge is 0.0770 e. The monoisotopic (exact) mass is 265 g/mol. The maximum atomic E-state index is 10.2. The van der Waals surface area contributed by atoms with Gasteiger partial charge < -0.3 is 9.67 Å². The number of aliphatic hydroxyl groups is 1. The molecule has 0 fully saturated rings. The van der Waals surface area contributed by atoms with Crippen LogP contribution in [0.5, 0.6) is 0 Å². The molecular formula is C18H19NO. The van der Waals surface area contributed by atoms with E-state index >= 15 is 0 Å². The molecule has 2 heteroatoms. The Hall–Kier alpha value is -2.06. The Balaban J connectivity index is 2.23. The van der Waals surface area contributed by atoms with Crippen molar-refractivity contribution in [2.75, 3.05) is 0 Å². The van der Waals surface area contributed by atoms with Gasteiger partial charge in [-0.1, -0.05) is 48.5 Å². The van der Waals surface area contributed by atoms with Crippen LogP contribution < -0.4 is 0 Å². The average Bonchev–Trinajstić information content (AvgIpc) is 2.77. The minimum Gasteiger partial charge on any atom is -0.389 e. The minimum absolute atomic E-state index is 0.574. The lowest BCUT2D eigenvalue weighted by molar-refractivity contribution is 0.0633. The van der Waals surface area contributed by atoms with Crippen molar-refractivity contribution in [3.8, 4) is 11.3 Å². The number of hydrogen-bond acceptors (Lipinski definition) is 1. The third kappa shape index (κ3) is 2.47. The van der Waals surface area contributed by atoms with E-state index in [-0.39, 0.29) is 0 Å². The predicted molar refractivity (Wildman–Crippen MR) is 83.7 cm³/mol. The molecule has 1 heterocycles. The zero-order valence-corrected chi connectivity index (χ0v) is 11.9. The first kappa shape index (κ1) is 12.9. The Morgan fingerprint density at radius 2 is 1.60 bits per heavy atom. The minimum atomic E-state index is -0.745. The van der Waals surface area contributed by atoms with E-state index in [1.54, 1.807) is 0 Å². The maximum absolute atomic E-state index is 10.2. The van der Waals surface area contributed by atoms with Crippen LogP contribution in [-0.4, -0.2) is 15.3 Å². The van der Waals surface area contributed by atoms with Gasteiger partial charge in [-0.2, -0.15) is 0 Å². The summed E-state index contributed by atoms with van der Waals surface area (Å²) in [6, 6.07) is 20.8. The lowest BCUT2D eigenvalue weighted by Crippen LogP contribution is -2.26. The SMILES string of the molecule is CC(C)(O)Cn1c(-c2ccccc2)cc2ccccc21. The van der Waals surface area contributed by atoms with Gasteiger partial charge in [-0.05, 0) is 31.5 Å². The molecule has 0 aliphatic carbocycles. The van der Waals surface area contributed by atoms with Crippen molar-refractivity contribution in [3.05, 3.63) is 60.7 Å². The van der Waals surface area contributed by atoms with Crippen molar-refractivity contribution in [3.63, 3.8) is 0 Å². The predicted octanol–water partition coefficient (Wildman–Crippen LogP) is 4.08. The van der Waals surface area contributed by atoms with Gasteiger partial charge in [-0.25, -0.2) is 0 Å². The highest BCUT2D eigenvalue weighted by Gasteiger charge is 2.18. The van der Waals surface area contributed by atoms with Gasteiger partial charge in [0.1, 0.15) is 0 Å². The molecule has 20 heavy (non-hydrogen) atoms. The summed E-state index contributed by atoms with van der Waals surface area (Å²) in [5.41, 5.74) is 2.74. The van der Waals surface area contributed by atoms with E-state index in [2.05, 4.69) is 34.9 Å². The summed E-state index contributed by atoms with van der Waals surface area (Å²) in [5, 5.41) is 11.4. The molecule has 2 nitrogen and oxygen atoms in total. The summed E-state index contributed by atoms with van der Waals surface area (Å²) in [4.78, 5) is 0. The molecule has 0 aliphatic rings. The highest BCUT2D eigenvalue weighted by Crippen LogP contribution is 2.29. The molecule has 0 unspecified atom stereocenters. The van der Waals surface area contributed by atoms with Crippen LogP contribution in [0.2, 0.25) is 0 Å². The van der Waals surface area contributed by atoms with Crippen molar-refractivity contribution in [1.29, 1.82) is 0 Å². The topological polar surface area (TPSA) is 25.2 Å². The molecule has 3 aromatic rings. The molecule has 1 aromatic heterocycles. The van der Waals surface area contributed by atoms with Crippen LogP contribution >= 0.6 is 0 Å². The molecule has 0 amide bonds. The first-order chi connectivity index (χ1) is 9.54. The highest BCUT2D eigenvalue weighted by molar-refractivity contribution is 5.87. The summed E-state index contributed by atoms with van der Waals surface area (Å²) in [6.45, 7) is 4.26. The summed E-state index contributed by atoms with van der Waals surface area (Å²) in [7, 11) is 0. The number of para-hydroxylation sites is 1. The molecule has 0 spiro atoms. The molecule has 0 saturated heterocycles. The third-order valence-electron chi connectivity index (χ3n) is 3.43. The van der Waals surface area contributed by atoms with Gasteiger partial charge in [0, 0.05) is 16.6 Å². The van der Waals surface area contributed by atoms with Crippen molar-refractivity contribution in [2.24, 2.45) is 0 Å². The molecule has 1 N–H and O–H groups in total. The van der Waals surface area contributed by atoms with Gasteiger partial charge >= 0.3 is 0 Å². The quantitative estimate of drug-likeness (QED) is 0.758. The van der Waals surface area contributed by atoms with Gasteiger partial charge in [-0.15, -0.1) is 0 Å². The van der Waals surface area contributed by atoms with E-state index in [4.69, 9.17) is 0 Å². The summed E-state index contributed by atoms with van der Waals surface area (Å²) in [6.07, 6.45) is 0. The summed E-state index contributed by atoms with van der Waals surface area (Å²) >= 11 is 0. The van der Waals surface area contributed by atoms with E-state index in [1.165, 1.54) is 10.9 Å². The van der Waals surface area contributed by atoms with E-state index in [9.17, 15) is 5.11 Å². The van der Waals surface area contributed by atoms with Crippen molar-refractivity contribution < 1.29 is 5.11 Å². The highest BCUT2D eigenvalue weighted by atomic mass is 16.3. The molecule has 0 aliphatic heterocycles. The normalized spacial score (nSPS) is 11.9. The molecule has 0 radical (unpaired) electrons. The zero-order valence-electron chi connectivity index (χ0n) is 11.9. The third-order valence-corrected chi connectivity index (χ3v) is 3.43. The fourth-order valence-electron chi connectivity index (χ4n) is 2.62. The molecule has 0 bridgehead atoms. The van der Waals surface area contributed by atoms with Crippen LogP contribution in [0.25, 0.3) is 22.2 Å². The van der Waals surface area contributed by atoms with Crippen LogP contribution in [0.4, 0.5) is 0 Å². The second-order valence-electron chi connectivity index (χ2n) is 5.85. The van der Waals surface area contributed by atoms with E-state index < -0.39 is 5.60 Å². The fraction of sp³-hybridized carbons (Fsp3) is 0.222. The van der Waals surface area contributed by atoms with Gasteiger partial charge in [0.25, 0.3) is 0 Å². The van der Waals surface area contributed by atoms with Crippen LogP contribution in [0, 0.1) is 0 Å². The van der Waals surface area contributed by atoms with Crippen molar-refractivity contribution in [2.45, 2.75) is 26.0 Å².